The van der Waals surface area contributed by atoms with E-state index in [0.717, 1.165) is 11.3 Å². The summed E-state index contributed by atoms with van der Waals surface area (Å²) in [4.78, 5) is 0. The Morgan fingerprint density at radius 3 is 2.81 bits per heavy atom. The minimum Gasteiger partial charge on any atom is -0.495 e. The molecule has 1 unspecified atom stereocenters. The zero-order valence-corrected chi connectivity index (χ0v) is 10.4. The summed E-state index contributed by atoms with van der Waals surface area (Å²) in [5, 5.41) is 12.5. The van der Waals surface area contributed by atoms with Gasteiger partial charge in [-0.3, -0.25) is 0 Å². The molecule has 0 aliphatic carbocycles. The zero-order chi connectivity index (χ0) is 12.1. The van der Waals surface area contributed by atoms with Gasteiger partial charge in [-0.1, -0.05) is 11.6 Å². The number of anilines is 1. The number of halogens is 1. The Labute approximate surface area is 101 Å². The van der Waals surface area contributed by atoms with Crippen LogP contribution in [0.25, 0.3) is 0 Å². The van der Waals surface area contributed by atoms with Crippen LogP contribution in [-0.4, -0.2) is 13.2 Å². The van der Waals surface area contributed by atoms with Gasteiger partial charge in [0.05, 0.1) is 25.3 Å². The van der Waals surface area contributed by atoms with E-state index in [1.54, 1.807) is 13.2 Å². The van der Waals surface area contributed by atoms with E-state index in [1.807, 2.05) is 19.9 Å². The van der Waals surface area contributed by atoms with Gasteiger partial charge in [0, 0.05) is 17.1 Å². The van der Waals surface area contributed by atoms with Crippen LogP contribution in [0.4, 0.5) is 5.69 Å². The molecular formula is C12H15ClN2O. The maximum Gasteiger partial charge on any atom is 0.143 e. The smallest absolute Gasteiger partial charge is 0.143 e. The molecule has 0 heterocycles. The van der Waals surface area contributed by atoms with Crippen molar-refractivity contribution in [2.45, 2.75) is 26.3 Å². The maximum atomic E-state index is 8.60. The van der Waals surface area contributed by atoms with E-state index >= 15 is 0 Å². The highest BCUT2D eigenvalue weighted by atomic mass is 35.5. The average Bonchev–Trinajstić information content (AvgIpc) is 2.23. The topological polar surface area (TPSA) is 45.0 Å². The fraction of sp³-hybridized carbons (Fsp3) is 0.417. The summed E-state index contributed by atoms with van der Waals surface area (Å²) in [7, 11) is 1.60. The van der Waals surface area contributed by atoms with Crippen LogP contribution in [0, 0.1) is 18.3 Å². The van der Waals surface area contributed by atoms with E-state index < -0.39 is 0 Å². The lowest BCUT2D eigenvalue weighted by Crippen LogP contribution is -2.14. The van der Waals surface area contributed by atoms with E-state index in [4.69, 9.17) is 21.6 Å². The van der Waals surface area contributed by atoms with Crippen LogP contribution in [0.1, 0.15) is 18.9 Å². The molecule has 86 valence electrons. The quantitative estimate of drug-likeness (QED) is 0.875. The third-order valence-corrected chi connectivity index (χ3v) is 2.69. The lowest BCUT2D eigenvalue weighted by molar-refractivity contribution is 0.416. The zero-order valence-electron chi connectivity index (χ0n) is 9.67. The van der Waals surface area contributed by atoms with Crippen LogP contribution < -0.4 is 10.1 Å². The molecule has 0 aromatic heterocycles. The van der Waals surface area contributed by atoms with Crippen molar-refractivity contribution in [2.24, 2.45) is 0 Å². The Kier molecular flexibility index (Phi) is 4.45. The number of methoxy groups -OCH3 is 1. The van der Waals surface area contributed by atoms with E-state index in [-0.39, 0.29) is 6.04 Å². The first kappa shape index (κ1) is 12.7. The molecule has 4 heteroatoms. The summed E-state index contributed by atoms with van der Waals surface area (Å²) in [6, 6.07) is 5.91. The maximum absolute atomic E-state index is 8.60. The average molecular weight is 239 g/mol. The number of nitrogens with one attached hydrogen (secondary N) is 1. The predicted octanol–water partition coefficient (Wildman–Crippen LogP) is 3.37. The largest absolute Gasteiger partial charge is 0.495 e. The van der Waals surface area contributed by atoms with Crippen LogP contribution in [0.2, 0.25) is 5.02 Å². The number of hydrogen-bond acceptors (Lipinski definition) is 3. The number of ether oxygens (including phenoxy) is 1. The van der Waals surface area contributed by atoms with Gasteiger partial charge in [0.1, 0.15) is 5.75 Å². The van der Waals surface area contributed by atoms with Crippen molar-refractivity contribution >= 4 is 17.3 Å². The third-order valence-electron chi connectivity index (χ3n) is 2.28. The van der Waals surface area contributed by atoms with E-state index in [9.17, 15) is 0 Å². The number of benzene rings is 1. The monoisotopic (exact) mass is 238 g/mol. The van der Waals surface area contributed by atoms with E-state index in [1.165, 1.54) is 0 Å². The number of aryl methyl sites for hydroxylation is 1. The lowest BCUT2D eigenvalue weighted by Gasteiger charge is -2.16. The van der Waals surface area contributed by atoms with Crippen LogP contribution in [0.3, 0.4) is 0 Å². The standard InChI is InChI=1S/C12H15ClN2O/c1-8-6-11(15-9(2)4-5-14)12(16-3)7-10(8)13/h6-7,9,15H,4H2,1-3H3. The molecule has 0 bridgehead atoms. The van der Waals surface area contributed by atoms with E-state index in [2.05, 4.69) is 11.4 Å². The van der Waals surface area contributed by atoms with Crippen LogP contribution in [0.15, 0.2) is 12.1 Å². The van der Waals surface area contributed by atoms with Gasteiger partial charge < -0.3 is 10.1 Å². The predicted molar refractivity (Wildman–Crippen MR) is 66.1 cm³/mol. The van der Waals surface area contributed by atoms with Gasteiger partial charge >= 0.3 is 0 Å². The molecule has 1 rings (SSSR count). The van der Waals surface area contributed by atoms with Crippen molar-refractivity contribution in [3.05, 3.63) is 22.7 Å². The van der Waals surface area contributed by atoms with Gasteiger partial charge in [0.25, 0.3) is 0 Å². The summed E-state index contributed by atoms with van der Waals surface area (Å²) in [6.45, 7) is 3.88. The molecule has 0 amide bonds. The van der Waals surface area contributed by atoms with Crippen molar-refractivity contribution in [3.63, 3.8) is 0 Å². The third kappa shape index (κ3) is 3.04. The minimum atomic E-state index is 0.0828. The van der Waals surface area contributed by atoms with Gasteiger partial charge in [-0.25, -0.2) is 0 Å². The Balaban J connectivity index is 2.94. The molecule has 3 nitrogen and oxygen atoms in total. The first-order valence-electron chi connectivity index (χ1n) is 5.06. The molecule has 0 saturated carbocycles. The number of rotatable bonds is 4. The van der Waals surface area contributed by atoms with Crippen molar-refractivity contribution < 1.29 is 4.74 Å². The number of hydrogen-bond donors (Lipinski definition) is 1. The number of nitriles is 1. The molecule has 0 spiro atoms. The van der Waals surface area contributed by atoms with Gasteiger partial charge in [0.15, 0.2) is 0 Å². The lowest BCUT2D eigenvalue weighted by atomic mass is 10.1. The molecule has 0 aliphatic rings. The summed E-state index contributed by atoms with van der Waals surface area (Å²) >= 11 is 6.00. The van der Waals surface area contributed by atoms with Gasteiger partial charge in [-0.05, 0) is 25.5 Å². The van der Waals surface area contributed by atoms with Gasteiger partial charge in [-0.15, -0.1) is 0 Å². The molecule has 1 aromatic rings. The first-order valence-corrected chi connectivity index (χ1v) is 5.44. The Morgan fingerprint density at radius 1 is 1.56 bits per heavy atom. The molecule has 0 fully saturated rings. The second kappa shape index (κ2) is 5.62. The van der Waals surface area contributed by atoms with Crippen molar-refractivity contribution in [1.29, 1.82) is 5.26 Å². The molecule has 16 heavy (non-hydrogen) atoms. The van der Waals surface area contributed by atoms with Crippen LogP contribution >= 0.6 is 11.6 Å². The van der Waals surface area contributed by atoms with Crippen molar-refractivity contribution in [3.8, 4) is 11.8 Å². The molecular weight excluding hydrogens is 224 g/mol. The Hall–Kier alpha value is -1.40. The van der Waals surface area contributed by atoms with Crippen LogP contribution in [-0.2, 0) is 0 Å². The molecule has 1 N–H and O–H groups in total. The molecule has 0 aliphatic heterocycles. The summed E-state index contributed by atoms with van der Waals surface area (Å²) < 4.78 is 5.23. The second-order valence-corrected chi connectivity index (χ2v) is 4.12. The normalized spacial score (nSPS) is 11.7. The Bertz CT molecular complexity index is 412. The molecule has 1 atom stereocenters. The van der Waals surface area contributed by atoms with Crippen molar-refractivity contribution in [1.82, 2.24) is 0 Å². The summed E-state index contributed by atoms with van der Waals surface area (Å²) in [6.07, 6.45) is 0.449. The van der Waals surface area contributed by atoms with Gasteiger partial charge in [-0.2, -0.15) is 5.26 Å². The molecule has 1 aromatic carbocycles. The molecule has 0 radical (unpaired) electrons. The summed E-state index contributed by atoms with van der Waals surface area (Å²) in [5.74, 6) is 0.695. The first-order chi connectivity index (χ1) is 7.58. The van der Waals surface area contributed by atoms with Gasteiger partial charge in [0.2, 0.25) is 0 Å². The van der Waals surface area contributed by atoms with Crippen LogP contribution in [0.5, 0.6) is 5.75 Å². The van der Waals surface area contributed by atoms with E-state index in [0.29, 0.717) is 17.2 Å². The second-order valence-electron chi connectivity index (χ2n) is 3.71. The minimum absolute atomic E-state index is 0.0828. The molecule has 0 saturated heterocycles. The summed E-state index contributed by atoms with van der Waals surface area (Å²) in [5.41, 5.74) is 1.85. The highest BCUT2D eigenvalue weighted by Gasteiger charge is 2.09. The highest BCUT2D eigenvalue weighted by Crippen LogP contribution is 2.31. The fourth-order valence-corrected chi connectivity index (χ4v) is 1.55. The number of nitrogens with zero attached hydrogens (tertiary/aromatic N) is 1. The fourth-order valence-electron chi connectivity index (χ4n) is 1.40. The highest BCUT2D eigenvalue weighted by molar-refractivity contribution is 6.31. The van der Waals surface area contributed by atoms with Crippen molar-refractivity contribution in [2.75, 3.05) is 12.4 Å². The Morgan fingerprint density at radius 2 is 2.25 bits per heavy atom. The SMILES string of the molecule is COc1cc(Cl)c(C)cc1NC(C)CC#N.